The summed E-state index contributed by atoms with van der Waals surface area (Å²) < 4.78 is 0. The predicted molar refractivity (Wildman–Crippen MR) is 79.0 cm³/mol. The Hall–Kier alpha value is -1.65. The number of hydrogen-bond donors (Lipinski definition) is 0. The second-order valence-corrected chi connectivity index (χ2v) is 5.19. The van der Waals surface area contributed by atoms with Gasteiger partial charge in [0.2, 0.25) is 0 Å². The topological polar surface area (TPSA) is 46.1 Å². The third kappa shape index (κ3) is 3.08. The maximum Gasteiger partial charge on any atom is 0.274 e. The van der Waals surface area contributed by atoms with Crippen molar-refractivity contribution in [2.75, 3.05) is 7.05 Å². The van der Waals surface area contributed by atoms with Crippen molar-refractivity contribution in [2.24, 2.45) is 0 Å². The highest BCUT2D eigenvalue weighted by molar-refractivity contribution is 6.35. The number of aromatic nitrogens is 2. The maximum atomic E-state index is 12.3. The van der Waals surface area contributed by atoms with Crippen molar-refractivity contribution in [3.8, 4) is 0 Å². The Bertz CT molecular complexity index is 619. The van der Waals surface area contributed by atoms with Crippen LogP contribution >= 0.6 is 23.2 Å². The summed E-state index contributed by atoms with van der Waals surface area (Å²) in [5.41, 5.74) is 1.13. The molecule has 0 unspecified atom stereocenters. The van der Waals surface area contributed by atoms with E-state index in [0.717, 1.165) is 5.56 Å². The van der Waals surface area contributed by atoms with Gasteiger partial charge in [-0.15, -0.1) is 0 Å². The van der Waals surface area contributed by atoms with Gasteiger partial charge in [-0.2, -0.15) is 0 Å². The van der Waals surface area contributed by atoms with Crippen molar-refractivity contribution in [2.45, 2.75) is 13.0 Å². The molecule has 0 aliphatic carbocycles. The van der Waals surface area contributed by atoms with Crippen LogP contribution in [-0.2, 0) is 0 Å². The molecule has 1 amide bonds. The molecule has 0 radical (unpaired) electrons. The van der Waals surface area contributed by atoms with Gasteiger partial charge in [0.25, 0.3) is 5.91 Å². The summed E-state index contributed by atoms with van der Waals surface area (Å²) in [4.78, 5) is 21.8. The highest BCUT2D eigenvalue weighted by atomic mass is 35.5. The minimum atomic E-state index is -0.211. The normalized spacial score (nSPS) is 12.0. The van der Waals surface area contributed by atoms with E-state index < -0.39 is 0 Å². The fraction of sp³-hybridized carbons (Fsp3) is 0.214. The van der Waals surface area contributed by atoms with Gasteiger partial charge < -0.3 is 4.90 Å². The second-order valence-electron chi connectivity index (χ2n) is 4.35. The van der Waals surface area contributed by atoms with E-state index in [2.05, 4.69) is 9.97 Å². The van der Waals surface area contributed by atoms with Crippen molar-refractivity contribution >= 4 is 29.1 Å². The highest BCUT2D eigenvalue weighted by Gasteiger charge is 2.21. The molecule has 104 valence electrons. The molecule has 20 heavy (non-hydrogen) atoms. The number of hydrogen-bond acceptors (Lipinski definition) is 3. The van der Waals surface area contributed by atoms with Crippen LogP contribution in [-0.4, -0.2) is 27.8 Å². The molecule has 1 aromatic carbocycles. The van der Waals surface area contributed by atoms with E-state index in [1.165, 1.54) is 18.6 Å². The lowest BCUT2D eigenvalue weighted by molar-refractivity contribution is 0.0736. The number of nitrogens with zero attached hydrogens (tertiary/aromatic N) is 3. The minimum absolute atomic E-state index is 0.200. The van der Waals surface area contributed by atoms with Crippen LogP contribution in [0.25, 0.3) is 0 Å². The first-order chi connectivity index (χ1) is 9.50. The molecule has 0 saturated heterocycles. The Morgan fingerprint density at radius 3 is 2.65 bits per heavy atom. The molecule has 2 aromatic rings. The molecule has 6 heteroatoms. The number of benzene rings is 1. The lowest BCUT2D eigenvalue weighted by Crippen LogP contribution is -2.30. The predicted octanol–water partition coefficient (Wildman–Crippen LogP) is 3.62. The molecule has 2 rings (SSSR count). The molecule has 0 fully saturated rings. The molecular formula is C14H13Cl2N3O. The standard InChI is InChI=1S/C14H13Cl2N3O/c1-9(11-4-3-10(15)7-12(11)16)19(2)14(20)13-8-17-5-6-18-13/h3-9H,1-2H3/t9-/m0/s1. The Balaban J connectivity index is 2.24. The number of carbonyl (C=O) groups excluding carboxylic acids is 1. The van der Waals surface area contributed by atoms with E-state index in [1.54, 1.807) is 24.1 Å². The fourth-order valence-electron chi connectivity index (χ4n) is 1.82. The van der Waals surface area contributed by atoms with Gasteiger partial charge in [0.1, 0.15) is 5.69 Å². The molecule has 1 aromatic heterocycles. The molecule has 0 aliphatic heterocycles. The van der Waals surface area contributed by atoms with Gasteiger partial charge in [-0.25, -0.2) is 4.98 Å². The average Bonchev–Trinajstić information content (AvgIpc) is 2.46. The van der Waals surface area contributed by atoms with E-state index in [0.29, 0.717) is 15.7 Å². The summed E-state index contributed by atoms with van der Waals surface area (Å²) in [6.45, 7) is 1.89. The maximum absolute atomic E-state index is 12.3. The molecular weight excluding hydrogens is 297 g/mol. The Morgan fingerprint density at radius 1 is 1.30 bits per heavy atom. The second kappa shape index (κ2) is 6.20. The van der Waals surface area contributed by atoms with Crippen LogP contribution in [0.2, 0.25) is 10.0 Å². The minimum Gasteiger partial charge on any atom is -0.334 e. The summed E-state index contributed by atoms with van der Waals surface area (Å²) in [6, 6.07) is 5.03. The molecule has 4 nitrogen and oxygen atoms in total. The summed E-state index contributed by atoms with van der Waals surface area (Å²) in [5.74, 6) is -0.211. The summed E-state index contributed by atoms with van der Waals surface area (Å²) in [5, 5.41) is 1.10. The number of rotatable bonds is 3. The third-order valence-corrected chi connectivity index (χ3v) is 3.66. The molecule has 0 saturated carbocycles. The van der Waals surface area contributed by atoms with E-state index in [4.69, 9.17) is 23.2 Å². The summed E-state index contributed by atoms with van der Waals surface area (Å²) >= 11 is 12.0. The molecule has 0 spiro atoms. The van der Waals surface area contributed by atoms with Gasteiger partial charge in [-0.3, -0.25) is 9.78 Å². The monoisotopic (exact) mass is 309 g/mol. The number of amides is 1. The van der Waals surface area contributed by atoms with Crippen LogP contribution in [0, 0.1) is 0 Å². The van der Waals surface area contributed by atoms with Crippen LogP contribution in [0.3, 0.4) is 0 Å². The largest absolute Gasteiger partial charge is 0.334 e. The van der Waals surface area contributed by atoms with E-state index >= 15 is 0 Å². The van der Waals surface area contributed by atoms with Gasteiger partial charge in [-0.1, -0.05) is 29.3 Å². The summed E-state index contributed by atoms with van der Waals surface area (Å²) in [7, 11) is 1.70. The molecule has 0 N–H and O–H groups in total. The van der Waals surface area contributed by atoms with Gasteiger partial charge in [-0.05, 0) is 24.6 Å². The Labute approximate surface area is 127 Å². The van der Waals surface area contributed by atoms with E-state index in [-0.39, 0.29) is 11.9 Å². The zero-order chi connectivity index (χ0) is 14.7. The zero-order valence-corrected chi connectivity index (χ0v) is 12.6. The highest BCUT2D eigenvalue weighted by Crippen LogP contribution is 2.29. The first kappa shape index (κ1) is 14.8. The van der Waals surface area contributed by atoms with Crippen molar-refractivity contribution in [3.05, 3.63) is 58.1 Å². The number of halogens is 2. The van der Waals surface area contributed by atoms with Gasteiger partial charge in [0.15, 0.2) is 0 Å². The van der Waals surface area contributed by atoms with Crippen molar-refractivity contribution in [1.29, 1.82) is 0 Å². The third-order valence-electron chi connectivity index (χ3n) is 3.10. The molecule has 0 aliphatic rings. The fourth-order valence-corrected chi connectivity index (χ4v) is 2.38. The first-order valence-corrected chi connectivity index (χ1v) is 6.74. The zero-order valence-electron chi connectivity index (χ0n) is 11.0. The quantitative estimate of drug-likeness (QED) is 0.870. The lowest BCUT2D eigenvalue weighted by Gasteiger charge is -2.25. The van der Waals surface area contributed by atoms with Crippen molar-refractivity contribution in [3.63, 3.8) is 0 Å². The van der Waals surface area contributed by atoms with Crippen LogP contribution in [0.4, 0.5) is 0 Å². The van der Waals surface area contributed by atoms with Crippen LogP contribution in [0.15, 0.2) is 36.8 Å². The Morgan fingerprint density at radius 2 is 2.05 bits per heavy atom. The van der Waals surface area contributed by atoms with Crippen molar-refractivity contribution < 1.29 is 4.79 Å². The van der Waals surface area contributed by atoms with Crippen LogP contribution < -0.4 is 0 Å². The van der Waals surface area contributed by atoms with Gasteiger partial charge >= 0.3 is 0 Å². The van der Waals surface area contributed by atoms with E-state index in [1.807, 2.05) is 13.0 Å². The first-order valence-electron chi connectivity index (χ1n) is 5.99. The smallest absolute Gasteiger partial charge is 0.274 e. The van der Waals surface area contributed by atoms with Gasteiger partial charge in [0.05, 0.1) is 12.2 Å². The van der Waals surface area contributed by atoms with Crippen LogP contribution in [0.1, 0.15) is 29.0 Å². The molecule has 1 heterocycles. The molecule has 1 atom stereocenters. The lowest BCUT2D eigenvalue weighted by atomic mass is 10.1. The van der Waals surface area contributed by atoms with E-state index in [9.17, 15) is 4.79 Å². The van der Waals surface area contributed by atoms with Gasteiger partial charge in [0, 0.05) is 29.5 Å². The Kier molecular flexibility index (Phi) is 4.57. The van der Waals surface area contributed by atoms with Crippen LogP contribution in [0.5, 0.6) is 0 Å². The molecule has 0 bridgehead atoms. The average molecular weight is 310 g/mol. The summed E-state index contributed by atoms with van der Waals surface area (Å²) in [6.07, 6.45) is 4.45. The van der Waals surface area contributed by atoms with Crippen molar-refractivity contribution in [1.82, 2.24) is 14.9 Å². The SMILES string of the molecule is C[C@@H](c1ccc(Cl)cc1Cl)N(C)C(=O)c1cnccn1. The number of carbonyl (C=O) groups is 1.